The molecule has 1 saturated heterocycles. The van der Waals surface area contributed by atoms with Crippen molar-refractivity contribution in [3.8, 4) is 17.2 Å². The van der Waals surface area contributed by atoms with Crippen LogP contribution in [0.4, 0.5) is 4.39 Å². The third-order valence-corrected chi connectivity index (χ3v) is 8.56. The topological polar surface area (TPSA) is 90.3 Å². The van der Waals surface area contributed by atoms with Crippen molar-refractivity contribution in [3.63, 3.8) is 0 Å². The molecule has 2 aromatic rings. The van der Waals surface area contributed by atoms with Crippen molar-refractivity contribution in [1.82, 2.24) is 9.62 Å². The van der Waals surface area contributed by atoms with Crippen LogP contribution < -0.4 is 4.72 Å². The molecule has 0 aromatic heterocycles. The van der Waals surface area contributed by atoms with Gasteiger partial charge in [0, 0.05) is 36.7 Å². The lowest BCUT2D eigenvalue weighted by molar-refractivity contribution is -0.129. The summed E-state index contributed by atoms with van der Waals surface area (Å²) in [5.41, 5.74) is 2.34. The summed E-state index contributed by atoms with van der Waals surface area (Å²) in [5, 5.41) is 10.1. The van der Waals surface area contributed by atoms with Crippen LogP contribution in [0.2, 0.25) is 0 Å². The number of carbonyl (C=O) groups is 1. The summed E-state index contributed by atoms with van der Waals surface area (Å²) in [6.07, 6.45) is 2.23. The molecule has 1 heterocycles. The Labute approximate surface area is 199 Å². The predicted octanol–water partition coefficient (Wildman–Crippen LogP) is 4.30. The number of nitriles is 1. The maximum atomic E-state index is 14.1. The van der Waals surface area contributed by atoms with E-state index in [1.165, 1.54) is 12.1 Å². The molecule has 1 amide bonds. The molecule has 6 nitrogen and oxygen atoms in total. The van der Waals surface area contributed by atoms with E-state index in [9.17, 15) is 22.9 Å². The standard InChI is InChI=1S/C24H28FN3O3S2/c1-3-12-33(30,31)27-16-19-4-6-21(25)14-23(19)18-5-7-24(20(13-18)15-26)32-22-8-10-28(11-9-22)17(2)29/h4-7,13-14,22,27H,3,8-12,16H2,1-2H3. The van der Waals surface area contributed by atoms with Gasteiger partial charge >= 0.3 is 0 Å². The van der Waals surface area contributed by atoms with Gasteiger partial charge in [0.05, 0.1) is 11.3 Å². The summed E-state index contributed by atoms with van der Waals surface area (Å²) in [6, 6.07) is 11.9. The second-order valence-corrected chi connectivity index (χ2v) is 11.4. The van der Waals surface area contributed by atoms with E-state index in [1.807, 2.05) is 17.0 Å². The first-order chi connectivity index (χ1) is 15.7. The normalized spacial score (nSPS) is 14.8. The van der Waals surface area contributed by atoms with Gasteiger partial charge < -0.3 is 4.90 Å². The number of halogens is 1. The molecule has 0 unspecified atom stereocenters. The zero-order valence-electron chi connectivity index (χ0n) is 18.8. The van der Waals surface area contributed by atoms with Crippen molar-refractivity contribution < 1.29 is 17.6 Å². The summed E-state index contributed by atoms with van der Waals surface area (Å²) in [4.78, 5) is 14.2. The van der Waals surface area contributed by atoms with Crippen LogP contribution in [-0.4, -0.2) is 43.3 Å². The number of nitrogens with one attached hydrogen (secondary N) is 1. The van der Waals surface area contributed by atoms with E-state index in [4.69, 9.17) is 0 Å². The molecule has 176 valence electrons. The van der Waals surface area contributed by atoms with Crippen LogP contribution >= 0.6 is 11.8 Å². The lowest BCUT2D eigenvalue weighted by Crippen LogP contribution is -2.37. The van der Waals surface area contributed by atoms with Gasteiger partial charge in [-0.2, -0.15) is 5.26 Å². The Kier molecular flexibility index (Phi) is 8.51. The van der Waals surface area contributed by atoms with Gasteiger partial charge in [-0.1, -0.05) is 19.1 Å². The number of sulfonamides is 1. The third kappa shape index (κ3) is 6.79. The molecule has 3 rings (SSSR count). The maximum absolute atomic E-state index is 14.1. The largest absolute Gasteiger partial charge is 0.343 e. The molecule has 0 spiro atoms. The molecule has 1 aliphatic heterocycles. The van der Waals surface area contributed by atoms with Crippen LogP contribution in [0.15, 0.2) is 41.3 Å². The number of carbonyl (C=O) groups excluding carboxylic acids is 1. The minimum Gasteiger partial charge on any atom is -0.343 e. The summed E-state index contributed by atoms with van der Waals surface area (Å²) < 4.78 is 40.7. The number of rotatable bonds is 8. The number of thioether (sulfide) groups is 1. The lowest BCUT2D eigenvalue weighted by atomic mass is 9.98. The predicted molar refractivity (Wildman–Crippen MR) is 129 cm³/mol. The van der Waals surface area contributed by atoms with Gasteiger partial charge in [0.25, 0.3) is 0 Å². The molecule has 0 radical (unpaired) electrons. The third-order valence-electron chi connectivity index (χ3n) is 5.62. The summed E-state index contributed by atoms with van der Waals surface area (Å²) in [6.45, 7) is 4.85. The summed E-state index contributed by atoms with van der Waals surface area (Å²) in [5.74, 6) is -0.318. The fourth-order valence-electron chi connectivity index (χ4n) is 3.86. The average Bonchev–Trinajstić information content (AvgIpc) is 2.79. The van der Waals surface area contributed by atoms with Gasteiger partial charge in [-0.25, -0.2) is 17.5 Å². The molecule has 0 atom stereocenters. The highest BCUT2D eigenvalue weighted by molar-refractivity contribution is 8.00. The van der Waals surface area contributed by atoms with Crippen molar-refractivity contribution in [2.24, 2.45) is 0 Å². The highest BCUT2D eigenvalue weighted by Crippen LogP contribution is 2.35. The summed E-state index contributed by atoms with van der Waals surface area (Å²) in [7, 11) is -3.41. The van der Waals surface area contributed by atoms with Gasteiger partial charge in [0.15, 0.2) is 0 Å². The molecule has 1 fully saturated rings. The van der Waals surface area contributed by atoms with E-state index in [-0.39, 0.29) is 18.2 Å². The van der Waals surface area contributed by atoms with Gasteiger partial charge in [-0.3, -0.25) is 4.79 Å². The molecule has 33 heavy (non-hydrogen) atoms. The fourth-order valence-corrected chi connectivity index (χ4v) is 6.10. The highest BCUT2D eigenvalue weighted by atomic mass is 32.2. The van der Waals surface area contributed by atoms with Crippen LogP contribution in [0, 0.1) is 17.1 Å². The molecular formula is C24H28FN3O3S2. The van der Waals surface area contributed by atoms with Gasteiger partial charge in [0.1, 0.15) is 11.9 Å². The zero-order valence-corrected chi connectivity index (χ0v) is 20.4. The number of likely N-dealkylation sites (tertiary alicyclic amines) is 1. The highest BCUT2D eigenvalue weighted by Gasteiger charge is 2.22. The molecule has 0 aliphatic carbocycles. The number of nitrogens with zero attached hydrogens (tertiary/aromatic N) is 2. The van der Waals surface area contributed by atoms with Gasteiger partial charge in [-0.15, -0.1) is 11.8 Å². The van der Waals surface area contributed by atoms with Gasteiger partial charge in [0.2, 0.25) is 15.9 Å². The van der Waals surface area contributed by atoms with Crippen LogP contribution in [-0.2, 0) is 21.4 Å². The van der Waals surface area contributed by atoms with Crippen molar-refractivity contribution >= 4 is 27.7 Å². The number of piperidine rings is 1. The van der Waals surface area contributed by atoms with Crippen molar-refractivity contribution in [2.75, 3.05) is 18.8 Å². The number of amides is 1. The monoisotopic (exact) mass is 489 g/mol. The van der Waals surface area contributed by atoms with E-state index >= 15 is 0 Å². The molecule has 9 heteroatoms. The summed E-state index contributed by atoms with van der Waals surface area (Å²) >= 11 is 1.63. The van der Waals surface area contributed by atoms with E-state index in [2.05, 4.69) is 10.8 Å². The SMILES string of the molecule is CCCS(=O)(=O)NCc1ccc(F)cc1-c1ccc(SC2CCN(C(C)=O)CC2)c(C#N)c1. The Morgan fingerprint density at radius 1 is 1.24 bits per heavy atom. The van der Waals surface area contributed by atoms with Crippen molar-refractivity contribution in [3.05, 3.63) is 53.3 Å². The van der Waals surface area contributed by atoms with E-state index in [1.54, 1.807) is 37.7 Å². The first-order valence-corrected chi connectivity index (χ1v) is 13.5. The average molecular weight is 490 g/mol. The smallest absolute Gasteiger partial charge is 0.219 e. The quantitative estimate of drug-likeness (QED) is 0.597. The Hall–Kier alpha value is -2.41. The van der Waals surface area contributed by atoms with E-state index in [0.29, 0.717) is 47.0 Å². The molecular weight excluding hydrogens is 461 g/mol. The number of hydrogen-bond donors (Lipinski definition) is 1. The Balaban J connectivity index is 1.81. The second kappa shape index (κ2) is 11.1. The minimum absolute atomic E-state index is 0.0272. The Morgan fingerprint density at radius 2 is 1.97 bits per heavy atom. The van der Waals surface area contributed by atoms with Crippen LogP contribution in [0.3, 0.4) is 0 Å². The Morgan fingerprint density at radius 3 is 2.61 bits per heavy atom. The molecule has 2 aromatic carbocycles. The minimum atomic E-state index is -3.41. The van der Waals surface area contributed by atoms with E-state index < -0.39 is 15.8 Å². The van der Waals surface area contributed by atoms with Crippen LogP contribution in [0.25, 0.3) is 11.1 Å². The second-order valence-electron chi connectivity index (χ2n) is 8.09. The van der Waals surface area contributed by atoms with Crippen molar-refractivity contribution in [2.45, 2.75) is 49.8 Å². The van der Waals surface area contributed by atoms with Crippen LogP contribution in [0.5, 0.6) is 0 Å². The molecule has 0 bridgehead atoms. The molecule has 1 N–H and O–H groups in total. The lowest BCUT2D eigenvalue weighted by Gasteiger charge is -2.31. The van der Waals surface area contributed by atoms with Gasteiger partial charge in [-0.05, 0) is 60.2 Å². The Bertz CT molecular complexity index is 1150. The fraction of sp³-hybridized carbons (Fsp3) is 0.417. The first-order valence-electron chi connectivity index (χ1n) is 10.9. The van der Waals surface area contributed by atoms with Crippen LogP contribution in [0.1, 0.15) is 44.2 Å². The first kappa shape index (κ1) is 25.2. The number of benzene rings is 2. The maximum Gasteiger partial charge on any atom is 0.219 e. The van der Waals surface area contributed by atoms with E-state index in [0.717, 1.165) is 17.7 Å². The van der Waals surface area contributed by atoms with Crippen molar-refractivity contribution in [1.29, 1.82) is 5.26 Å². The zero-order chi connectivity index (χ0) is 24.0. The molecule has 1 aliphatic rings. The molecule has 0 saturated carbocycles. The number of hydrogen-bond acceptors (Lipinski definition) is 5.